The van der Waals surface area contributed by atoms with Gasteiger partial charge in [0, 0.05) is 13.0 Å². The fourth-order valence-electron chi connectivity index (χ4n) is 6.45. The Morgan fingerprint density at radius 3 is 2.35 bits per heavy atom. The first-order valence-electron chi connectivity index (χ1n) is 13.9. The van der Waals surface area contributed by atoms with Crippen molar-refractivity contribution in [1.29, 1.82) is 0 Å². The van der Waals surface area contributed by atoms with Crippen LogP contribution in [0.5, 0.6) is 0 Å². The van der Waals surface area contributed by atoms with Gasteiger partial charge in [-0.15, -0.1) is 0 Å². The van der Waals surface area contributed by atoms with Crippen LogP contribution in [0.1, 0.15) is 93.9 Å². The van der Waals surface area contributed by atoms with E-state index in [1.807, 2.05) is 0 Å². The van der Waals surface area contributed by atoms with E-state index in [1.165, 1.54) is 6.42 Å². The molecule has 0 radical (unpaired) electrons. The molecule has 208 valence electrons. The van der Waals surface area contributed by atoms with E-state index in [0.29, 0.717) is 18.4 Å². The minimum absolute atomic E-state index is 0.000703. The lowest BCUT2D eigenvalue weighted by Gasteiger charge is -2.60. The topological polar surface area (TPSA) is 103 Å². The van der Waals surface area contributed by atoms with E-state index in [9.17, 15) is 14.4 Å². The number of amides is 2. The fourth-order valence-corrected chi connectivity index (χ4v) is 6.45. The lowest BCUT2D eigenvalue weighted by molar-refractivity contribution is -0.155. The highest BCUT2D eigenvalue weighted by Gasteiger charge is 2.63. The quantitative estimate of drug-likeness (QED) is 0.419. The number of esters is 1. The molecule has 5 rings (SSSR count). The molecule has 5 aliphatic rings. The van der Waals surface area contributed by atoms with Gasteiger partial charge in [-0.05, 0) is 90.9 Å². The number of hydrogen-bond acceptors (Lipinski definition) is 7. The first-order chi connectivity index (χ1) is 17.0. The molecule has 10 heteroatoms. The normalized spacial score (nSPS) is 31.3. The van der Waals surface area contributed by atoms with Gasteiger partial charge in [0.15, 0.2) is 0 Å². The number of nitrogens with one attached hydrogen (secondary N) is 1. The van der Waals surface area contributed by atoms with Crippen LogP contribution >= 0.6 is 0 Å². The van der Waals surface area contributed by atoms with Gasteiger partial charge in [0.05, 0.1) is 18.1 Å². The summed E-state index contributed by atoms with van der Waals surface area (Å²) in [5, 5.41) is 2.71. The van der Waals surface area contributed by atoms with E-state index in [1.54, 1.807) is 46.4 Å². The predicted octanol–water partition coefficient (Wildman–Crippen LogP) is 3.87. The van der Waals surface area contributed by atoms with Crippen molar-refractivity contribution in [2.75, 3.05) is 6.54 Å². The molecule has 2 unspecified atom stereocenters. The van der Waals surface area contributed by atoms with Crippen LogP contribution in [0.15, 0.2) is 0 Å². The van der Waals surface area contributed by atoms with E-state index in [0.717, 1.165) is 19.3 Å². The number of carbonyl (C=O) groups is 3. The molecule has 9 nitrogen and oxygen atoms in total. The van der Waals surface area contributed by atoms with Crippen molar-refractivity contribution in [2.24, 2.45) is 17.3 Å². The molecule has 5 fully saturated rings. The molecule has 3 saturated carbocycles. The zero-order valence-corrected chi connectivity index (χ0v) is 23.8. The second-order valence-corrected chi connectivity index (χ2v) is 13.8. The average Bonchev–Trinajstić information content (AvgIpc) is 3.39. The fraction of sp³-hybridized carbons (Fsp3) is 0.889. The van der Waals surface area contributed by atoms with Crippen LogP contribution < -0.4 is 5.32 Å². The van der Waals surface area contributed by atoms with Gasteiger partial charge in [-0.25, -0.2) is 4.79 Å². The first-order valence-corrected chi connectivity index (χ1v) is 13.9. The van der Waals surface area contributed by atoms with Crippen LogP contribution in [0.3, 0.4) is 0 Å². The lowest BCUT2D eigenvalue weighted by atomic mass is 9.47. The SMILES string of the molecule is CC(C)(C)OC(=O)CCC(NC(=O)OC(C)(C)C)C(=O)N1CCCC1B1O[C@@H]2[C@@H](C[C@H]3C[C@@H]2C3(C)C)O1. The highest BCUT2D eigenvalue weighted by atomic mass is 16.7. The van der Waals surface area contributed by atoms with Crippen LogP contribution in [0.4, 0.5) is 4.79 Å². The Labute approximate surface area is 221 Å². The van der Waals surface area contributed by atoms with E-state index < -0.39 is 36.4 Å². The van der Waals surface area contributed by atoms with Gasteiger partial charge in [0.25, 0.3) is 0 Å². The summed E-state index contributed by atoms with van der Waals surface area (Å²) in [6.07, 6.45) is 3.39. The van der Waals surface area contributed by atoms with E-state index in [4.69, 9.17) is 18.8 Å². The third-order valence-electron chi connectivity index (χ3n) is 8.37. The van der Waals surface area contributed by atoms with Crippen molar-refractivity contribution in [3.63, 3.8) is 0 Å². The average molecular weight is 520 g/mol. The van der Waals surface area contributed by atoms with Gasteiger partial charge in [0.2, 0.25) is 5.91 Å². The third kappa shape index (κ3) is 6.27. The molecule has 6 atom stereocenters. The number of nitrogens with zero attached hydrogens (tertiary/aromatic N) is 1. The smallest absolute Gasteiger partial charge is 0.460 e. The molecule has 0 aromatic heterocycles. The van der Waals surface area contributed by atoms with Crippen LogP contribution in [0.25, 0.3) is 0 Å². The summed E-state index contributed by atoms with van der Waals surface area (Å²) in [7, 11) is -0.468. The highest BCUT2D eigenvalue weighted by molar-refractivity contribution is 6.47. The van der Waals surface area contributed by atoms with Crippen molar-refractivity contribution in [2.45, 2.75) is 129 Å². The van der Waals surface area contributed by atoms with Gasteiger partial charge in [-0.2, -0.15) is 0 Å². The van der Waals surface area contributed by atoms with Gasteiger partial charge in [0.1, 0.15) is 17.2 Å². The van der Waals surface area contributed by atoms with Crippen molar-refractivity contribution in [1.82, 2.24) is 10.2 Å². The van der Waals surface area contributed by atoms with Crippen molar-refractivity contribution in [3.05, 3.63) is 0 Å². The van der Waals surface area contributed by atoms with Gasteiger partial charge in [-0.1, -0.05) is 13.8 Å². The maximum Gasteiger partial charge on any atom is 0.481 e. The summed E-state index contributed by atoms with van der Waals surface area (Å²) in [6.45, 7) is 15.9. The molecule has 3 aliphatic carbocycles. The number of alkyl carbamates (subject to hydrolysis) is 1. The Kier molecular flexibility index (Phi) is 7.67. The second-order valence-electron chi connectivity index (χ2n) is 13.8. The molecule has 0 aromatic carbocycles. The predicted molar refractivity (Wildman–Crippen MR) is 138 cm³/mol. The maximum atomic E-state index is 13.8. The Balaban J connectivity index is 1.43. The molecule has 37 heavy (non-hydrogen) atoms. The summed E-state index contributed by atoms with van der Waals surface area (Å²) in [6, 6.07) is -0.918. The van der Waals surface area contributed by atoms with E-state index in [-0.39, 0.29) is 42.3 Å². The minimum Gasteiger partial charge on any atom is -0.460 e. The molecule has 2 saturated heterocycles. The second kappa shape index (κ2) is 10.1. The van der Waals surface area contributed by atoms with Crippen LogP contribution in [0.2, 0.25) is 0 Å². The molecule has 2 aliphatic heterocycles. The van der Waals surface area contributed by atoms with Gasteiger partial charge < -0.3 is 29.0 Å². The van der Waals surface area contributed by atoms with Gasteiger partial charge in [-0.3, -0.25) is 9.59 Å². The summed E-state index contributed by atoms with van der Waals surface area (Å²) in [5.41, 5.74) is -1.07. The maximum absolute atomic E-state index is 13.8. The minimum atomic E-state index is -0.918. The van der Waals surface area contributed by atoms with E-state index in [2.05, 4.69) is 19.2 Å². The standard InChI is InChI=1S/C27H45BN2O7/c1-25(2,3)34-21(31)12-11-18(29-24(33)35-26(4,5)6)23(32)30-13-9-10-20(30)28-36-19-15-16-14-17(22(19)37-28)27(16,7)8/h16-20,22H,9-15H2,1-8H3,(H,29,33)/t16-,17+,18?,19-,20?,22+/m1/s1. The first kappa shape index (κ1) is 28.2. The molecule has 2 bridgehead atoms. The third-order valence-corrected chi connectivity index (χ3v) is 8.37. The zero-order chi connectivity index (χ0) is 27.3. The molecule has 2 amide bonds. The Hall–Kier alpha value is -1.81. The molecular formula is C27H45BN2O7. The summed E-state index contributed by atoms with van der Waals surface area (Å²) in [4.78, 5) is 40.6. The number of likely N-dealkylation sites (tertiary alicyclic amines) is 1. The molecular weight excluding hydrogens is 475 g/mol. The summed E-state index contributed by atoms with van der Waals surface area (Å²) < 4.78 is 23.7. The largest absolute Gasteiger partial charge is 0.481 e. The highest BCUT2D eigenvalue weighted by Crippen LogP contribution is 2.61. The molecule has 0 aromatic rings. The van der Waals surface area contributed by atoms with Crippen molar-refractivity contribution < 1.29 is 33.2 Å². The number of rotatable bonds is 6. The summed E-state index contributed by atoms with van der Waals surface area (Å²) in [5.74, 6) is 0.272. The van der Waals surface area contributed by atoms with Crippen molar-refractivity contribution >= 4 is 25.1 Å². The zero-order valence-electron chi connectivity index (χ0n) is 23.8. The number of carbonyl (C=O) groups excluding carboxylic acids is 3. The molecule has 1 N–H and O–H groups in total. The number of ether oxygens (including phenoxy) is 2. The monoisotopic (exact) mass is 520 g/mol. The van der Waals surface area contributed by atoms with Crippen molar-refractivity contribution in [3.8, 4) is 0 Å². The lowest BCUT2D eigenvalue weighted by Crippen LogP contribution is -2.59. The van der Waals surface area contributed by atoms with Gasteiger partial charge >= 0.3 is 19.2 Å². The van der Waals surface area contributed by atoms with E-state index >= 15 is 0 Å². The molecule has 2 heterocycles. The number of hydrogen-bond donors (Lipinski definition) is 1. The summed E-state index contributed by atoms with van der Waals surface area (Å²) >= 11 is 0. The Morgan fingerprint density at radius 1 is 1.05 bits per heavy atom. The van der Waals surface area contributed by atoms with Crippen LogP contribution in [-0.4, -0.2) is 71.9 Å². The molecule has 0 spiro atoms. The Bertz CT molecular complexity index is 896. The van der Waals surface area contributed by atoms with Crippen LogP contribution in [-0.2, 0) is 28.4 Å². The van der Waals surface area contributed by atoms with Crippen LogP contribution in [0, 0.1) is 17.3 Å². The Morgan fingerprint density at radius 2 is 1.73 bits per heavy atom.